The highest BCUT2D eigenvalue weighted by Crippen LogP contribution is 2.32. The molecule has 82 valence electrons. The molecule has 15 heavy (non-hydrogen) atoms. The largest absolute Gasteiger partial charge is 0.387 e. The third-order valence-electron chi connectivity index (χ3n) is 2.88. The van der Waals surface area contributed by atoms with Crippen molar-refractivity contribution in [2.75, 3.05) is 0 Å². The molecule has 2 N–H and O–H groups in total. The molecule has 0 aromatic heterocycles. The Kier molecular flexibility index (Phi) is 2.75. The van der Waals surface area contributed by atoms with Crippen LogP contribution in [-0.4, -0.2) is 16.7 Å². The molecule has 3 heteroatoms. The number of hydrogen-bond donors (Lipinski definition) is 2. The minimum atomic E-state index is -0.461. The molecule has 1 heterocycles. The first-order valence-electron chi connectivity index (χ1n) is 5.19. The summed E-state index contributed by atoms with van der Waals surface area (Å²) in [5.41, 5.74) is 1.04. The highest BCUT2D eigenvalue weighted by Gasteiger charge is 2.39. The smallest absolute Gasteiger partial charge is 0.0944 e. The fourth-order valence-electron chi connectivity index (χ4n) is 2.14. The van der Waals surface area contributed by atoms with E-state index >= 15 is 0 Å². The summed E-state index contributed by atoms with van der Waals surface area (Å²) in [6, 6.07) is 7.56. The summed E-state index contributed by atoms with van der Waals surface area (Å²) in [4.78, 5) is 0. The molecule has 1 aliphatic heterocycles. The normalized spacial score (nSPS) is 25.7. The van der Waals surface area contributed by atoms with Gasteiger partial charge in [-0.05, 0) is 38.0 Å². The number of benzene rings is 1. The van der Waals surface area contributed by atoms with E-state index in [-0.39, 0.29) is 11.6 Å². The van der Waals surface area contributed by atoms with Gasteiger partial charge in [0.15, 0.2) is 0 Å². The van der Waals surface area contributed by atoms with E-state index in [1.807, 2.05) is 24.3 Å². The van der Waals surface area contributed by atoms with Crippen LogP contribution in [0, 0.1) is 0 Å². The predicted octanol–water partition coefficient (Wildman–Crippen LogP) is 2.51. The summed E-state index contributed by atoms with van der Waals surface area (Å²) < 4.78 is 0. The van der Waals surface area contributed by atoms with E-state index in [1.54, 1.807) is 0 Å². The van der Waals surface area contributed by atoms with Gasteiger partial charge in [-0.25, -0.2) is 0 Å². The van der Waals surface area contributed by atoms with Crippen molar-refractivity contribution in [3.63, 3.8) is 0 Å². The van der Waals surface area contributed by atoms with Gasteiger partial charge < -0.3 is 10.4 Å². The third kappa shape index (κ3) is 2.33. The number of halogens is 1. The van der Waals surface area contributed by atoms with Crippen molar-refractivity contribution in [2.24, 2.45) is 0 Å². The van der Waals surface area contributed by atoms with Gasteiger partial charge in [-0.15, -0.1) is 0 Å². The molecule has 2 atom stereocenters. The van der Waals surface area contributed by atoms with E-state index in [2.05, 4.69) is 19.2 Å². The van der Waals surface area contributed by atoms with Gasteiger partial charge >= 0.3 is 0 Å². The molecule has 1 saturated heterocycles. The van der Waals surface area contributed by atoms with Crippen molar-refractivity contribution < 1.29 is 5.11 Å². The quantitative estimate of drug-likeness (QED) is 0.811. The van der Waals surface area contributed by atoms with Gasteiger partial charge in [0.05, 0.1) is 6.10 Å². The maximum Gasteiger partial charge on any atom is 0.0944 e. The van der Waals surface area contributed by atoms with Gasteiger partial charge in [-0.1, -0.05) is 23.7 Å². The highest BCUT2D eigenvalue weighted by atomic mass is 35.5. The zero-order chi connectivity index (χ0) is 11.1. The molecule has 2 nitrogen and oxygen atoms in total. The Bertz CT molecular complexity index is 356. The lowest BCUT2D eigenvalue weighted by molar-refractivity contribution is 0.0390. The van der Waals surface area contributed by atoms with Crippen molar-refractivity contribution in [3.05, 3.63) is 34.9 Å². The number of aliphatic hydroxyl groups excluding tert-OH is 1. The molecule has 0 spiro atoms. The fourth-order valence-corrected chi connectivity index (χ4v) is 2.34. The van der Waals surface area contributed by atoms with Crippen LogP contribution in [0.3, 0.4) is 0 Å². The second-order valence-corrected chi connectivity index (χ2v) is 5.28. The van der Waals surface area contributed by atoms with E-state index in [1.165, 1.54) is 0 Å². The second kappa shape index (κ2) is 3.78. The Hall–Kier alpha value is -0.570. The molecular weight excluding hydrogens is 210 g/mol. The first-order valence-corrected chi connectivity index (χ1v) is 5.57. The lowest BCUT2D eigenvalue weighted by Crippen LogP contribution is -2.61. The molecule has 0 saturated carbocycles. The lowest BCUT2D eigenvalue weighted by atomic mass is 9.81. The topological polar surface area (TPSA) is 32.3 Å². The molecule has 0 aliphatic carbocycles. The van der Waals surface area contributed by atoms with Crippen LogP contribution in [0.4, 0.5) is 0 Å². The molecule has 1 fully saturated rings. The van der Waals surface area contributed by atoms with Crippen LogP contribution in [0.5, 0.6) is 0 Å². The molecular formula is C12H16ClNO. The molecule has 1 aliphatic rings. The number of rotatable bonds is 2. The monoisotopic (exact) mass is 225 g/mol. The minimum absolute atomic E-state index is 0.151. The van der Waals surface area contributed by atoms with E-state index in [0.29, 0.717) is 5.02 Å². The Morgan fingerprint density at radius 3 is 2.73 bits per heavy atom. The first-order chi connectivity index (χ1) is 6.98. The van der Waals surface area contributed by atoms with Crippen LogP contribution in [0.25, 0.3) is 0 Å². The van der Waals surface area contributed by atoms with Crippen molar-refractivity contribution in [1.29, 1.82) is 0 Å². The molecule has 2 rings (SSSR count). The number of hydrogen-bond acceptors (Lipinski definition) is 2. The van der Waals surface area contributed by atoms with E-state index in [0.717, 1.165) is 12.0 Å². The summed E-state index contributed by atoms with van der Waals surface area (Å²) in [5.74, 6) is 0. The van der Waals surface area contributed by atoms with Gasteiger partial charge in [0, 0.05) is 16.6 Å². The maximum absolute atomic E-state index is 10.1. The Labute approximate surface area is 95.3 Å². The van der Waals surface area contributed by atoms with Crippen molar-refractivity contribution in [2.45, 2.75) is 38.0 Å². The Balaban J connectivity index is 2.06. The Morgan fingerprint density at radius 1 is 1.53 bits per heavy atom. The van der Waals surface area contributed by atoms with E-state index in [4.69, 9.17) is 11.6 Å². The summed E-state index contributed by atoms with van der Waals surface area (Å²) in [5, 5.41) is 14.1. The maximum atomic E-state index is 10.1. The van der Waals surface area contributed by atoms with Crippen LogP contribution >= 0.6 is 11.6 Å². The second-order valence-electron chi connectivity index (χ2n) is 4.84. The summed E-state index contributed by atoms with van der Waals surface area (Å²) in [6.45, 7) is 4.27. The summed E-state index contributed by atoms with van der Waals surface area (Å²) in [7, 11) is 0. The van der Waals surface area contributed by atoms with E-state index < -0.39 is 6.10 Å². The van der Waals surface area contributed by atoms with Crippen LogP contribution in [-0.2, 0) is 0 Å². The van der Waals surface area contributed by atoms with Crippen LogP contribution in [0.15, 0.2) is 24.3 Å². The molecule has 1 aromatic carbocycles. The van der Waals surface area contributed by atoms with Crippen molar-refractivity contribution in [1.82, 2.24) is 5.32 Å². The Morgan fingerprint density at radius 2 is 2.20 bits per heavy atom. The van der Waals surface area contributed by atoms with Crippen molar-refractivity contribution in [3.8, 4) is 0 Å². The molecule has 1 aromatic rings. The van der Waals surface area contributed by atoms with E-state index in [9.17, 15) is 5.11 Å². The third-order valence-corrected chi connectivity index (χ3v) is 3.11. The average molecular weight is 226 g/mol. The van der Waals surface area contributed by atoms with Crippen molar-refractivity contribution >= 4 is 11.6 Å². The fraction of sp³-hybridized carbons (Fsp3) is 0.500. The van der Waals surface area contributed by atoms with Crippen LogP contribution in [0.1, 0.15) is 31.9 Å². The lowest BCUT2D eigenvalue weighted by Gasteiger charge is -2.46. The standard InChI is InChI=1S/C12H16ClNO/c1-12(2)7-10(14-12)11(15)8-4-3-5-9(13)6-8/h3-6,10-11,14-15H,7H2,1-2H3/t10-,11?/m1/s1. The van der Waals surface area contributed by atoms with Gasteiger partial charge in [-0.3, -0.25) is 0 Å². The summed E-state index contributed by atoms with van der Waals surface area (Å²) >= 11 is 5.88. The minimum Gasteiger partial charge on any atom is -0.387 e. The zero-order valence-corrected chi connectivity index (χ0v) is 9.75. The van der Waals surface area contributed by atoms with Crippen LogP contribution in [0.2, 0.25) is 5.02 Å². The van der Waals surface area contributed by atoms with Gasteiger partial charge in [0.2, 0.25) is 0 Å². The molecule has 0 amide bonds. The summed E-state index contributed by atoms with van der Waals surface area (Å²) in [6.07, 6.45) is 0.525. The molecule has 0 bridgehead atoms. The molecule has 1 unspecified atom stereocenters. The SMILES string of the molecule is CC1(C)C[C@H](C(O)c2cccc(Cl)c2)N1. The van der Waals surface area contributed by atoms with Gasteiger partial charge in [0.25, 0.3) is 0 Å². The molecule has 0 radical (unpaired) electrons. The van der Waals surface area contributed by atoms with Gasteiger partial charge in [0.1, 0.15) is 0 Å². The van der Waals surface area contributed by atoms with Crippen LogP contribution < -0.4 is 5.32 Å². The zero-order valence-electron chi connectivity index (χ0n) is 9.00. The average Bonchev–Trinajstić information content (AvgIpc) is 2.13. The van der Waals surface area contributed by atoms with Gasteiger partial charge in [-0.2, -0.15) is 0 Å². The first kappa shape index (κ1) is 10.9. The highest BCUT2D eigenvalue weighted by molar-refractivity contribution is 6.30. The predicted molar refractivity (Wildman–Crippen MR) is 62.0 cm³/mol. The number of aliphatic hydroxyl groups is 1. The number of nitrogens with one attached hydrogen (secondary N) is 1.